The van der Waals surface area contributed by atoms with Gasteiger partial charge in [-0.2, -0.15) is 5.10 Å². The second kappa shape index (κ2) is 8.97. The van der Waals surface area contributed by atoms with Gasteiger partial charge in [0.25, 0.3) is 5.91 Å². The maximum absolute atomic E-state index is 13.3. The first kappa shape index (κ1) is 19.9. The molecule has 2 aliphatic heterocycles. The molecule has 0 aromatic carbocycles. The van der Waals surface area contributed by atoms with Crippen LogP contribution in [0.15, 0.2) is 51.7 Å². The Balaban J connectivity index is 1.28. The molecular weight excluding hydrogens is 434 g/mol. The zero-order valence-corrected chi connectivity index (χ0v) is 19.0. The lowest BCUT2D eigenvalue weighted by Gasteiger charge is -2.25. The summed E-state index contributed by atoms with van der Waals surface area (Å²) >= 11 is 5.06. The molecule has 0 spiro atoms. The van der Waals surface area contributed by atoms with Crippen LogP contribution in [0.3, 0.4) is 0 Å². The third kappa shape index (κ3) is 4.20. The number of thiophene rings is 2. The van der Waals surface area contributed by atoms with Gasteiger partial charge in [0, 0.05) is 49.1 Å². The molecule has 1 fully saturated rings. The topological polar surface area (TPSA) is 52.0 Å². The fourth-order valence-corrected chi connectivity index (χ4v) is 6.22. The molecule has 0 saturated carbocycles. The predicted octanol–water partition coefficient (Wildman–Crippen LogP) is 4.16. The molecule has 1 saturated heterocycles. The number of hydrogen-bond acceptors (Lipinski definition) is 8. The van der Waals surface area contributed by atoms with E-state index in [4.69, 9.17) is 5.10 Å². The number of hydrogen-bond donors (Lipinski definition) is 0. The van der Waals surface area contributed by atoms with Gasteiger partial charge < -0.3 is 4.90 Å². The van der Waals surface area contributed by atoms with Gasteiger partial charge in [-0.05, 0) is 29.3 Å². The van der Waals surface area contributed by atoms with Gasteiger partial charge >= 0.3 is 0 Å². The van der Waals surface area contributed by atoms with Crippen molar-refractivity contribution in [2.75, 3.05) is 37.6 Å². The first-order chi connectivity index (χ1) is 14.8. The van der Waals surface area contributed by atoms with Crippen molar-refractivity contribution in [3.05, 3.63) is 56.4 Å². The maximum atomic E-state index is 13.3. The van der Waals surface area contributed by atoms with Crippen molar-refractivity contribution < 1.29 is 4.79 Å². The van der Waals surface area contributed by atoms with Gasteiger partial charge in [0.15, 0.2) is 5.13 Å². The van der Waals surface area contributed by atoms with E-state index < -0.39 is 0 Å². The first-order valence-electron chi connectivity index (χ1n) is 10.1. The SMILES string of the molecule is O=C(CN1CCCN(c2nccs2)CC1)N1N=C(c2cccs2)CC1c1cccs1. The summed E-state index contributed by atoms with van der Waals surface area (Å²) in [6.45, 7) is 4.09. The second-order valence-corrected chi connectivity index (χ2v) is 10.2. The fourth-order valence-electron chi connectivity index (χ4n) is 3.99. The van der Waals surface area contributed by atoms with Crippen LogP contribution in [0.25, 0.3) is 0 Å². The molecule has 0 bridgehead atoms. The van der Waals surface area contributed by atoms with Crippen molar-refractivity contribution in [1.29, 1.82) is 0 Å². The van der Waals surface area contributed by atoms with Crippen LogP contribution in [0.1, 0.15) is 28.6 Å². The van der Waals surface area contributed by atoms with Crippen LogP contribution >= 0.6 is 34.0 Å². The Hall–Kier alpha value is -2.07. The van der Waals surface area contributed by atoms with Crippen LogP contribution in [0.4, 0.5) is 5.13 Å². The van der Waals surface area contributed by atoms with Gasteiger partial charge in [0.05, 0.1) is 23.2 Å². The molecule has 30 heavy (non-hydrogen) atoms. The summed E-state index contributed by atoms with van der Waals surface area (Å²) in [5, 5.41) is 13.8. The van der Waals surface area contributed by atoms with E-state index in [0.717, 1.165) is 54.7 Å². The van der Waals surface area contributed by atoms with E-state index in [0.29, 0.717) is 6.54 Å². The summed E-state index contributed by atoms with van der Waals surface area (Å²) in [4.78, 5) is 24.7. The third-order valence-electron chi connectivity index (χ3n) is 5.48. The molecule has 5 heterocycles. The number of anilines is 1. The highest BCUT2D eigenvalue weighted by Gasteiger charge is 2.34. The van der Waals surface area contributed by atoms with Gasteiger partial charge in [-0.25, -0.2) is 9.99 Å². The minimum atomic E-state index is 0.00777. The van der Waals surface area contributed by atoms with E-state index in [1.807, 2.05) is 23.7 Å². The van der Waals surface area contributed by atoms with E-state index in [2.05, 4.69) is 37.7 Å². The quantitative estimate of drug-likeness (QED) is 0.577. The molecule has 2 aliphatic rings. The van der Waals surface area contributed by atoms with Gasteiger partial charge in [0.1, 0.15) is 0 Å². The lowest BCUT2D eigenvalue weighted by atomic mass is 10.1. The van der Waals surface area contributed by atoms with Gasteiger partial charge in [0.2, 0.25) is 0 Å². The molecule has 0 N–H and O–H groups in total. The average molecular weight is 458 g/mol. The summed E-state index contributed by atoms with van der Waals surface area (Å²) in [5.41, 5.74) is 1.02. The van der Waals surface area contributed by atoms with E-state index in [9.17, 15) is 4.79 Å². The summed E-state index contributed by atoms with van der Waals surface area (Å²) in [6, 6.07) is 8.30. The van der Waals surface area contributed by atoms with E-state index in [-0.39, 0.29) is 11.9 Å². The summed E-state index contributed by atoms with van der Waals surface area (Å²) < 4.78 is 0. The highest BCUT2D eigenvalue weighted by atomic mass is 32.1. The number of nitrogens with zero attached hydrogens (tertiary/aromatic N) is 5. The van der Waals surface area contributed by atoms with Crippen molar-refractivity contribution in [2.45, 2.75) is 18.9 Å². The Kier molecular flexibility index (Phi) is 5.94. The summed E-state index contributed by atoms with van der Waals surface area (Å²) in [6.07, 6.45) is 3.67. The smallest absolute Gasteiger partial charge is 0.257 e. The number of thiazole rings is 1. The minimum absolute atomic E-state index is 0.00777. The normalized spacial score (nSPS) is 20.4. The maximum Gasteiger partial charge on any atom is 0.257 e. The van der Waals surface area contributed by atoms with Crippen LogP contribution in [-0.2, 0) is 4.79 Å². The number of rotatable bonds is 5. The number of aromatic nitrogens is 1. The molecule has 3 aromatic rings. The second-order valence-electron chi connectivity index (χ2n) is 7.43. The molecule has 0 aliphatic carbocycles. The zero-order valence-electron chi connectivity index (χ0n) is 16.5. The third-order valence-corrected chi connectivity index (χ3v) is 8.20. The Labute approximate surface area is 188 Å². The molecule has 3 aromatic heterocycles. The highest BCUT2D eigenvalue weighted by Crippen LogP contribution is 2.36. The Morgan fingerprint density at radius 2 is 1.93 bits per heavy atom. The summed E-state index contributed by atoms with van der Waals surface area (Å²) in [5.74, 6) is 0.0858. The Bertz CT molecular complexity index is 984. The van der Waals surface area contributed by atoms with E-state index in [1.165, 1.54) is 4.88 Å². The molecule has 9 heteroatoms. The molecular formula is C21H23N5OS3. The highest BCUT2D eigenvalue weighted by molar-refractivity contribution is 7.13. The van der Waals surface area contributed by atoms with Crippen LogP contribution in [-0.4, -0.2) is 59.2 Å². The Morgan fingerprint density at radius 3 is 2.70 bits per heavy atom. The van der Waals surface area contributed by atoms with Crippen molar-refractivity contribution in [2.24, 2.45) is 5.10 Å². The van der Waals surface area contributed by atoms with Crippen LogP contribution < -0.4 is 4.90 Å². The number of carbonyl (C=O) groups excluding carboxylic acids is 1. The van der Waals surface area contributed by atoms with E-state index >= 15 is 0 Å². The van der Waals surface area contributed by atoms with Gasteiger partial charge in [-0.3, -0.25) is 9.69 Å². The van der Waals surface area contributed by atoms with Gasteiger partial charge in [-0.15, -0.1) is 34.0 Å². The number of hydrazone groups is 1. The molecule has 0 radical (unpaired) electrons. The van der Waals surface area contributed by atoms with E-state index in [1.54, 1.807) is 39.0 Å². The van der Waals surface area contributed by atoms with Crippen molar-refractivity contribution >= 4 is 50.8 Å². The monoisotopic (exact) mass is 457 g/mol. The standard InChI is InChI=1S/C21H23N5OS3/c27-20(15-24-7-3-8-25(10-9-24)21-22-6-13-30-21)26-17(19-5-2-12-29-19)14-16(23-26)18-4-1-11-28-18/h1-2,4-6,11-13,17H,3,7-10,14-15H2. The fraction of sp³-hybridized carbons (Fsp3) is 0.381. The molecule has 1 atom stereocenters. The van der Waals surface area contributed by atoms with Crippen molar-refractivity contribution in [3.63, 3.8) is 0 Å². The Morgan fingerprint density at radius 1 is 1.03 bits per heavy atom. The van der Waals surface area contributed by atoms with Crippen LogP contribution in [0.2, 0.25) is 0 Å². The zero-order chi connectivity index (χ0) is 20.3. The molecule has 1 unspecified atom stereocenters. The average Bonchev–Trinajstić information content (AvgIpc) is 3.54. The first-order valence-corrected chi connectivity index (χ1v) is 12.8. The number of amides is 1. The van der Waals surface area contributed by atoms with Crippen molar-refractivity contribution in [1.82, 2.24) is 14.9 Å². The van der Waals surface area contributed by atoms with Crippen LogP contribution in [0.5, 0.6) is 0 Å². The number of carbonyl (C=O) groups is 1. The molecule has 1 amide bonds. The minimum Gasteiger partial charge on any atom is -0.347 e. The summed E-state index contributed by atoms with van der Waals surface area (Å²) in [7, 11) is 0. The van der Waals surface area contributed by atoms with Gasteiger partial charge in [-0.1, -0.05) is 12.1 Å². The molecule has 6 nitrogen and oxygen atoms in total. The van der Waals surface area contributed by atoms with Crippen LogP contribution in [0, 0.1) is 0 Å². The van der Waals surface area contributed by atoms with Crippen molar-refractivity contribution in [3.8, 4) is 0 Å². The largest absolute Gasteiger partial charge is 0.347 e. The molecule has 156 valence electrons. The predicted molar refractivity (Wildman–Crippen MR) is 125 cm³/mol. The lowest BCUT2D eigenvalue weighted by Crippen LogP contribution is -2.40. The lowest BCUT2D eigenvalue weighted by molar-refractivity contribution is -0.134. The molecule has 5 rings (SSSR count).